The van der Waals surface area contributed by atoms with Gasteiger partial charge in [-0.3, -0.25) is 9.59 Å². The molecule has 1 heterocycles. The third kappa shape index (κ3) is 4.87. The van der Waals surface area contributed by atoms with Crippen LogP contribution in [-0.2, 0) is 17.9 Å². The van der Waals surface area contributed by atoms with Crippen molar-refractivity contribution >= 4 is 17.4 Å². The van der Waals surface area contributed by atoms with Gasteiger partial charge < -0.3 is 14.4 Å². The minimum atomic E-state index is -0.492. The quantitative estimate of drug-likeness (QED) is 0.506. The Kier molecular flexibility index (Phi) is 6.40. The predicted molar refractivity (Wildman–Crippen MR) is 120 cm³/mol. The molecule has 0 atom stereocenters. The number of carbonyl (C=O) groups excluding carboxylic acids is 2. The Hall–Kier alpha value is -3.74. The molecule has 0 saturated heterocycles. The molecule has 0 N–H and O–H groups in total. The predicted octanol–water partition coefficient (Wildman–Crippen LogP) is 5.37. The van der Waals surface area contributed by atoms with E-state index in [1.807, 2.05) is 0 Å². The molecule has 170 valence electrons. The van der Waals surface area contributed by atoms with Gasteiger partial charge in [0.15, 0.2) is 17.3 Å². The van der Waals surface area contributed by atoms with Gasteiger partial charge in [0.05, 0.1) is 19.3 Å². The first-order valence-corrected chi connectivity index (χ1v) is 10.5. The van der Waals surface area contributed by atoms with Crippen molar-refractivity contribution in [3.63, 3.8) is 0 Å². The summed E-state index contributed by atoms with van der Waals surface area (Å²) in [5.41, 5.74) is 2.56. The molecule has 1 aliphatic rings. The molecule has 3 aromatic carbocycles. The van der Waals surface area contributed by atoms with Gasteiger partial charge in [-0.2, -0.15) is 0 Å². The van der Waals surface area contributed by atoms with Crippen LogP contribution in [0, 0.1) is 18.6 Å². The Morgan fingerprint density at radius 2 is 1.67 bits per heavy atom. The highest BCUT2D eigenvalue weighted by Crippen LogP contribution is 2.33. The summed E-state index contributed by atoms with van der Waals surface area (Å²) >= 11 is 0. The third-order valence-corrected chi connectivity index (χ3v) is 5.63. The lowest BCUT2D eigenvalue weighted by atomic mass is 10.1. The van der Waals surface area contributed by atoms with Crippen LogP contribution in [0.5, 0.6) is 11.5 Å². The number of nitrogens with zero attached hydrogens (tertiary/aromatic N) is 1. The molecule has 3 aromatic rings. The lowest BCUT2D eigenvalue weighted by molar-refractivity contribution is -0.118. The van der Waals surface area contributed by atoms with Crippen LogP contribution < -0.4 is 14.4 Å². The fourth-order valence-electron chi connectivity index (χ4n) is 3.74. The number of hydrogen-bond acceptors (Lipinski definition) is 4. The maximum atomic E-state index is 14.1. The van der Waals surface area contributed by atoms with Gasteiger partial charge in [0.2, 0.25) is 5.91 Å². The van der Waals surface area contributed by atoms with Crippen molar-refractivity contribution in [1.82, 2.24) is 0 Å². The maximum absolute atomic E-state index is 14.1. The number of carbonyl (C=O) groups is 2. The van der Waals surface area contributed by atoms with Crippen LogP contribution in [0.3, 0.4) is 0 Å². The van der Waals surface area contributed by atoms with Gasteiger partial charge in [0.1, 0.15) is 18.2 Å². The Morgan fingerprint density at radius 1 is 0.909 bits per heavy atom. The molecule has 1 amide bonds. The first kappa shape index (κ1) is 22.5. The Morgan fingerprint density at radius 3 is 2.39 bits per heavy atom. The number of rotatable bonds is 6. The molecule has 0 radical (unpaired) electrons. The maximum Gasteiger partial charge on any atom is 0.227 e. The summed E-state index contributed by atoms with van der Waals surface area (Å²) in [7, 11) is 1.39. The van der Waals surface area contributed by atoms with Crippen LogP contribution in [0.15, 0.2) is 54.6 Å². The van der Waals surface area contributed by atoms with E-state index in [1.54, 1.807) is 43.3 Å². The second kappa shape index (κ2) is 9.40. The lowest BCUT2D eigenvalue weighted by Gasteiger charge is -2.23. The van der Waals surface area contributed by atoms with Gasteiger partial charge in [0.25, 0.3) is 0 Å². The average Bonchev–Trinajstić information content (AvgIpc) is 2.92. The number of fused-ring (bicyclic) bond motifs is 1. The fourth-order valence-corrected chi connectivity index (χ4v) is 3.74. The second-order valence-electron chi connectivity index (χ2n) is 7.92. The highest BCUT2D eigenvalue weighted by Gasteiger charge is 2.27. The summed E-state index contributed by atoms with van der Waals surface area (Å²) in [4.78, 5) is 26.9. The van der Waals surface area contributed by atoms with Gasteiger partial charge in [-0.15, -0.1) is 0 Å². The van der Waals surface area contributed by atoms with Crippen LogP contribution in [0.25, 0.3) is 0 Å². The summed E-state index contributed by atoms with van der Waals surface area (Å²) in [5, 5.41) is 0. The van der Waals surface area contributed by atoms with Crippen LogP contribution in [0.4, 0.5) is 14.5 Å². The van der Waals surface area contributed by atoms with Gasteiger partial charge in [-0.25, -0.2) is 8.78 Å². The molecule has 4 rings (SSSR count). The summed E-state index contributed by atoms with van der Waals surface area (Å²) < 4.78 is 38.8. The van der Waals surface area contributed by atoms with Crippen LogP contribution >= 0.6 is 0 Å². The molecule has 0 unspecified atom stereocenters. The van der Waals surface area contributed by atoms with Gasteiger partial charge in [-0.1, -0.05) is 18.2 Å². The summed E-state index contributed by atoms with van der Waals surface area (Å²) in [5.74, 6) is -0.642. The number of benzene rings is 3. The second-order valence-corrected chi connectivity index (χ2v) is 7.92. The zero-order valence-corrected chi connectivity index (χ0v) is 18.4. The first-order valence-electron chi connectivity index (χ1n) is 10.5. The number of methoxy groups -OCH3 is 1. The summed E-state index contributed by atoms with van der Waals surface area (Å²) in [6.07, 6.45) is 0.180. The number of hydrogen-bond donors (Lipinski definition) is 0. The van der Waals surface area contributed by atoms with Crippen molar-refractivity contribution in [1.29, 1.82) is 0 Å². The van der Waals surface area contributed by atoms with E-state index in [1.165, 1.54) is 30.2 Å². The lowest BCUT2D eigenvalue weighted by Crippen LogP contribution is -2.29. The first-order chi connectivity index (χ1) is 15.9. The van der Waals surface area contributed by atoms with Gasteiger partial charge in [-0.05, 0) is 53.9 Å². The van der Waals surface area contributed by atoms with E-state index in [-0.39, 0.29) is 49.3 Å². The molecule has 0 aliphatic carbocycles. The van der Waals surface area contributed by atoms with Crippen molar-refractivity contribution in [2.45, 2.75) is 32.9 Å². The number of anilines is 1. The van der Waals surface area contributed by atoms with E-state index >= 15 is 0 Å². The van der Waals surface area contributed by atoms with E-state index < -0.39 is 5.82 Å². The fraction of sp³-hybridized carbons (Fsp3) is 0.231. The number of Topliss-reactive ketones (excluding diaryl/α,β-unsaturated/α-hetero) is 1. The summed E-state index contributed by atoms with van der Waals surface area (Å²) in [6, 6.07) is 14.3. The van der Waals surface area contributed by atoms with Crippen molar-refractivity contribution in [3.8, 4) is 11.5 Å². The molecular formula is C26H23F2NO4. The molecule has 0 aromatic heterocycles. The molecule has 0 fully saturated rings. The van der Waals surface area contributed by atoms with E-state index in [4.69, 9.17) is 9.47 Å². The standard InChI is InChI=1S/C26H23F2NO4/c1-16-3-4-17(11-21(16)27)14-29-23-13-19(6-7-20(23)24(30)8-10-26(29)31)33-15-18-5-9-25(32-2)22(28)12-18/h3-7,9,11-13H,8,10,14-15H2,1-2H3. The number of ketones is 1. The highest BCUT2D eigenvalue weighted by molar-refractivity contribution is 6.10. The van der Waals surface area contributed by atoms with E-state index in [2.05, 4.69) is 0 Å². The minimum absolute atomic E-state index is 0.0726. The van der Waals surface area contributed by atoms with Gasteiger partial charge in [0, 0.05) is 24.5 Å². The van der Waals surface area contributed by atoms with E-state index in [0.717, 1.165) is 0 Å². The Bertz CT molecular complexity index is 1220. The molecule has 0 saturated carbocycles. The summed E-state index contributed by atoms with van der Waals surface area (Å²) in [6.45, 7) is 1.89. The number of halogens is 2. The molecule has 0 bridgehead atoms. The Labute approximate surface area is 190 Å². The van der Waals surface area contributed by atoms with Gasteiger partial charge >= 0.3 is 0 Å². The molecule has 5 nitrogen and oxygen atoms in total. The molecule has 1 aliphatic heterocycles. The topological polar surface area (TPSA) is 55.8 Å². The normalized spacial score (nSPS) is 13.5. The number of amides is 1. The highest BCUT2D eigenvalue weighted by atomic mass is 19.1. The largest absolute Gasteiger partial charge is 0.494 e. The van der Waals surface area contributed by atoms with Crippen molar-refractivity contribution < 1.29 is 27.8 Å². The van der Waals surface area contributed by atoms with E-state index in [0.29, 0.717) is 33.7 Å². The minimum Gasteiger partial charge on any atom is -0.494 e. The van der Waals surface area contributed by atoms with E-state index in [9.17, 15) is 18.4 Å². The molecule has 7 heteroatoms. The molecular weight excluding hydrogens is 428 g/mol. The van der Waals surface area contributed by atoms with Crippen molar-refractivity contribution in [2.75, 3.05) is 12.0 Å². The number of aryl methyl sites for hydroxylation is 1. The molecule has 0 spiro atoms. The zero-order chi connectivity index (χ0) is 23.5. The van der Waals surface area contributed by atoms with Crippen LogP contribution in [0.1, 0.15) is 39.9 Å². The van der Waals surface area contributed by atoms with Crippen molar-refractivity contribution in [2.24, 2.45) is 0 Å². The number of ether oxygens (including phenoxy) is 2. The van der Waals surface area contributed by atoms with Crippen LogP contribution in [-0.4, -0.2) is 18.8 Å². The van der Waals surface area contributed by atoms with Crippen LogP contribution in [0.2, 0.25) is 0 Å². The zero-order valence-electron chi connectivity index (χ0n) is 18.4. The monoisotopic (exact) mass is 451 g/mol. The molecule has 33 heavy (non-hydrogen) atoms. The smallest absolute Gasteiger partial charge is 0.227 e. The average molecular weight is 451 g/mol. The SMILES string of the molecule is COc1ccc(COc2ccc3c(c2)N(Cc2ccc(C)c(F)c2)C(=O)CCC3=O)cc1F. The Balaban J connectivity index is 1.62. The third-order valence-electron chi connectivity index (χ3n) is 5.63. The van der Waals surface area contributed by atoms with Crippen molar-refractivity contribution in [3.05, 3.63) is 88.5 Å².